The predicted molar refractivity (Wildman–Crippen MR) is 138 cm³/mol. The zero-order valence-corrected chi connectivity index (χ0v) is 21.0. The van der Waals surface area contributed by atoms with E-state index < -0.39 is 12.7 Å². The lowest BCUT2D eigenvalue weighted by Gasteiger charge is -2.16. The molecule has 9 nitrogen and oxygen atoms in total. The van der Waals surface area contributed by atoms with E-state index in [1.165, 1.54) is 18.8 Å². The maximum Gasteiger partial charge on any atom is 0.269 e. The Kier molecular flexibility index (Phi) is 9.78. The van der Waals surface area contributed by atoms with E-state index in [4.69, 9.17) is 21.4 Å². The molecular weight excluding hydrogens is 502 g/mol. The zero-order chi connectivity index (χ0) is 26.1. The number of carbonyl (C=O) groups is 1. The Balaban J connectivity index is 1.96. The fourth-order valence-electron chi connectivity index (χ4n) is 3.29. The first kappa shape index (κ1) is 27.1. The Hall–Kier alpha value is -3.49. The minimum atomic E-state index is -0.980. The van der Waals surface area contributed by atoms with E-state index in [0.717, 1.165) is 5.56 Å². The van der Waals surface area contributed by atoms with E-state index in [2.05, 4.69) is 33.1 Å². The first-order valence-corrected chi connectivity index (χ1v) is 12.1. The second kappa shape index (κ2) is 13.0. The molecule has 0 aliphatic heterocycles. The number of aromatic nitrogens is 2. The molecular formula is C25H24ClN5O4S. The molecule has 1 atom stereocenters. The van der Waals surface area contributed by atoms with Crippen LogP contribution in [-0.2, 0) is 12.3 Å². The molecule has 1 amide bonds. The predicted octanol–water partition coefficient (Wildman–Crippen LogP) is 3.25. The van der Waals surface area contributed by atoms with Crippen molar-refractivity contribution in [3.05, 3.63) is 70.1 Å². The summed E-state index contributed by atoms with van der Waals surface area (Å²) in [4.78, 5) is 24.4. The number of nitrogens with one attached hydrogen (secondary N) is 1. The molecule has 11 heteroatoms. The Morgan fingerprint density at radius 1 is 1.36 bits per heavy atom. The van der Waals surface area contributed by atoms with Crippen LogP contribution in [0.4, 0.5) is 0 Å². The van der Waals surface area contributed by atoms with E-state index in [0.29, 0.717) is 44.5 Å². The monoisotopic (exact) mass is 525 g/mol. The van der Waals surface area contributed by atoms with Crippen molar-refractivity contribution in [1.82, 2.24) is 15.3 Å². The average molecular weight is 526 g/mol. The van der Waals surface area contributed by atoms with Crippen LogP contribution in [0.25, 0.3) is 11.1 Å². The van der Waals surface area contributed by atoms with Crippen LogP contribution in [0, 0.1) is 11.3 Å². The minimum absolute atomic E-state index is 0.0521. The number of amides is 1. The van der Waals surface area contributed by atoms with E-state index in [1.54, 1.807) is 42.6 Å². The fraction of sp³-hybridized carbons (Fsp3) is 0.240. The number of nitrogens with zero attached hydrogens (tertiary/aromatic N) is 4. The second-order valence-corrected chi connectivity index (χ2v) is 8.84. The summed E-state index contributed by atoms with van der Waals surface area (Å²) in [7, 11) is 1.54. The first-order valence-electron chi connectivity index (χ1n) is 10.8. The van der Waals surface area contributed by atoms with Gasteiger partial charge in [0.15, 0.2) is 0 Å². The number of nitriles is 1. The summed E-state index contributed by atoms with van der Waals surface area (Å²) in [5.74, 6) is 0.637. The molecule has 3 N–H and O–H groups in total. The van der Waals surface area contributed by atoms with Gasteiger partial charge in [-0.3, -0.25) is 14.8 Å². The number of hydrogen-bond donors (Lipinski definition) is 3. The molecule has 3 rings (SSSR count). The van der Waals surface area contributed by atoms with Crippen molar-refractivity contribution < 1.29 is 19.7 Å². The second-order valence-electron chi connectivity index (χ2n) is 7.52. The van der Waals surface area contributed by atoms with E-state index in [1.807, 2.05) is 0 Å². The third kappa shape index (κ3) is 6.59. The van der Waals surface area contributed by atoms with Crippen molar-refractivity contribution >= 4 is 36.0 Å². The van der Waals surface area contributed by atoms with Crippen LogP contribution in [-0.4, -0.2) is 59.2 Å². The quantitative estimate of drug-likeness (QED) is 0.197. The van der Waals surface area contributed by atoms with Crippen molar-refractivity contribution in [2.75, 3.05) is 20.3 Å². The van der Waals surface area contributed by atoms with Gasteiger partial charge in [-0.15, -0.1) is 11.8 Å². The highest BCUT2D eigenvalue weighted by molar-refractivity contribution is 7.98. The highest BCUT2D eigenvalue weighted by Gasteiger charge is 2.21. The summed E-state index contributed by atoms with van der Waals surface area (Å²) in [5, 5.41) is 31.7. The standard InChI is InChI=1S/C25H24ClN5O4S/c1-28-11-20-22(16-3-5-18(6-4-16)35-13-17(33)12-32)19(10-27)25(31-23(20)26)36-14-15-7-8-30-21(9-15)24(34)29-2/h3-9,17,32-33H,1,11-14H2,2H3,(H,29,34). The molecule has 36 heavy (non-hydrogen) atoms. The summed E-state index contributed by atoms with van der Waals surface area (Å²) in [6, 6.07) is 12.7. The molecule has 0 spiro atoms. The van der Waals surface area contributed by atoms with Gasteiger partial charge in [-0.05, 0) is 42.1 Å². The normalized spacial score (nSPS) is 11.4. The maximum atomic E-state index is 11.9. The molecule has 2 aromatic heterocycles. The number of ether oxygens (including phenoxy) is 1. The molecule has 2 heterocycles. The summed E-state index contributed by atoms with van der Waals surface area (Å²) in [6.07, 6.45) is 0.575. The maximum absolute atomic E-state index is 11.9. The lowest BCUT2D eigenvalue weighted by Crippen LogP contribution is -2.21. The fourth-order valence-corrected chi connectivity index (χ4v) is 4.51. The van der Waals surface area contributed by atoms with Crippen molar-refractivity contribution in [1.29, 1.82) is 5.26 Å². The lowest BCUT2D eigenvalue weighted by atomic mass is 9.97. The minimum Gasteiger partial charge on any atom is -0.491 e. The number of halogens is 1. The topological polar surface area (TPSA) is 141 Å². The number of thioether (sulfide) groups is 1. The summed E-state index contributed by atoms with van der Waals surface area (Å²) in [6.45, 7) is 3.27. The number of hydrogen-bond acceptors (Lipinski definition) is 9. The van der Waals surface area contributed by atoms with Gasteiger partial charge in [0.1, 0.15) is 40.4 Å². The van der Waals surface area contributed by atoms with Gasteiger partial charge in [-0.2, -0.15) is 5.26 Å². The molecule has 0 radical (unpaired) electrons. The Bertz CT molecular complexity index is 1280. The molecule has 0 fully saturated rings. The van der Waals surface area contributed by atoms with Crippen molar-refractivity contribution in [3.8, 4) is 22.9 Å². The van der Waals surface area contributed by atoms with Gasteiger partial charge in [0, 0.05) is 30.1 Å². The molecule has 3 aromatic rings. The molecule has 0 saturated heterocycles. The SMILES string of the molecule is C=NCc1c(Cl)nc(SCc2ccnc(C(=O)NC)c2)c(C#N)c1-c1ccc(OCC(O)CO)cc1. The zero-order valence-electron chi connectivity index (χ0n) is 19.4. The van der Waals surface area contributed by atoms with Crippen molar-refractivity contribution in [3.63, 3.8) is 0 Å². The van der Waals surface area contributed by atoms with Crippen LogP contribution >= 0.6 is 23.4 Å². The molecule has 0 aliphatic carbocycles. The largest absolute Gasteiger partial charge is 0.491 e. The van der Waals surface area contributed by atoms with Crippen molar-refractivity contribution in [2.45, 2.75) is 23.4 Å². The van der Waals surface area contributed by atoms with E-state index >= 15 is 0 Å². The third-order valence-electron chi connectivity index (χ3n) is 5.05. The molecule has 0 bridgehead atoms. The number of pyridine rings is 2. The van der Waals surface area contributed by atoms with Gasteiger partial charge >= 0.3 is 0 Å². The highest BCUT2D eigenvalue weighted by atomic mass is 35.5. The Labute approximate surface area is 217 Å². The lowest BCUT2D eigenvalue weighted by molar-refractivity contribution is 0.0536. The van der Waals surface area contributed by atoms with E-state index in [9.17, 15) is 15.2 Å². The van der Waals surface area contributed by atoms with Crippen LogP contribution < -0.4 is 10.1 Å². The highest BCUT2D eigenvalue weighted by Crippen LogP contribution is 2.38. The Morgan fingerprint density at radius 3 is 2.75 bits per heavy atom. The van der Waals surface area contributed by atoms with Crippen LogP contribution in [0.1, 0.15) is 27.2 Å². The number of aliphatic imine (C=N–C) groups is 1. The number of aliphatic hydroxyl groups is 2. The number of carbonyl (C=O) groups excluding carboxylic acids is 1. The molecule has 186 valence electrons. The Morgan fingerprint density at radius 2 is 2.11 bits per heavy atom. The van der Waals surface area contributed by atoms with Crippen LogP contribution in [0.3, 0.4) is 0 Å². The van der Waals surface area contributed by atoms with Crippen LogP contribution in [0.5, 0.6) is 5.75 Å². The van der Waals surface area contributed by atoms with Gasteiger partial charge in [0.25, 0.3) is 5.91 Å². The summed E-state index contributed by atoms with van der Waals surface area (Å²) >= 11 is 7.85. The third-order valence-corrected chi connectivity index (χ3v) is 6.41. The molecule has 1 unspecified atom stereocenters. The molecule has 0 aliphatic rings. The number of benzene rings is 1. The van der Waals surface area contributed by atoms with Crippen LogP contribution in [0.15, 0.2) is 52.6 Å². The molecule has 1 aromatic carbocycles. The summed E-state index contributed by atoms with van der Waals surface area (Å²) in [5.41, 5.74) is 3.34. The average Bonchev–Trinajstić information content (AvgIpc) is 2.91. The van der Waals surface area contributed by atoms with Crippen LogP contribution in [0.2, 0.25) is 5.15 Å². The van der Waals surface area contributed by atoms with Gasteiger partial charge < -0.3 is 20.3 Å². The van der Waals surface area contributed by atoms with Crippen molar-refractivity contribution in [2.24, 2.45) is 4.99 Å². The van der Waals surface area contributed by atoms with E-state index in [-0.39, 0.29) is 24.2 Å². The smallest absolute Gasteiger partial charge is 0.269 e. The first-order chi connectivity index (χ1) is 17.4. The van der Waals surface area contributed by atoms with Gasteiger partial charge in [0.2, 0.25) is 0 Å². The van der Waals surface area contributed by atoms with Gasteiger partial charge in [0.05, 0.1) is 18.7 Å². The number of rotatable bonds is 11. The van der Waals surface area contributed by atoms with Gasteiger partial charge in [-0.25, -0.2) is 4.98 Å². The summed E-state index contributed by atoms with van der Waals surface area (Å²) < 4.78 is 5.47. The molecule has 0 saturated carbocycles. The van der Waals surface area contributed by atoms with Gasteiger partial charge in [-0.1, -0.05) is 23.7 Å². The number of aliphatic hydroxyl groups excluding tert-OH is 2.